The zero-order valence-corrected chi connectivity index (χ0v) is 15.6. The number of nitrogens with one attached hydrogen (secondary N) is 2. The van der Waals surface area contributed by atoms with Crippen LogP contribution in [-0.2, 0) is 0 Å². The number of aryl methyl sites for hydroxylation is 1. The minimum absolute atomic E-state index is 0.323. The molecule has 3 aromatic rings. The molecule has 0 fully saturated rings. The number of pyridine rings is 1. The first-order valence-electron chi connectivity index (χ1n) is 7.44. The lowest BCUT2D eigenvalue weighted by atomic mass is 10.2. The Kier molecular flexibility index (Phi) is 5.48. The molecule has 1 aromatic heterocycles. The maximum absolute atomic E-state index is 6.20. The summed E-state index contributed by atoms with van der Waals surface area (Å²) in [6.45, 7) is 2.03. The molecule has 0 amide bonds. The Hall–Kier alpha value is -2.21. The van der Waals surface area contributed by atoms with Gasteiger partial charge in [-0.15, -0.1) is 0 Å². The van der Waals surface area contributed by atoms with E-state index in [0.717, 1.165) is 11.1 Å². The molecule has 0 aliphatic rings. The Morgan fingerprint density at radius 2 is 1.92 bits per heavy atom. The monoisotopic (exact) mass is 388 g/mol. The van der Waals surface area contributed by atoms with Crippen molar-refractivity contribution in [1.29, 1.82) is 0 Å². The first kappa shape index (κ1) is 17.6. The Morgan fingerprint density at radius 3 is 2.68 bits per heavy atom. The van der Waals surface area contributed by atoms with E-state index in [-0.39, 0.29) is 0 Å². The smallest absolute Gasteiger partial charge is 0.191 e. The van der Waals surface area contributed by atoms with Gasteiger partial charge in [0.1, 0.15) is 5.15 Å². The highest BCUT2D eigenvalue weighted by Gasteiger charge is 2.06. The van der Waals surface area contributed by atoms with Gasteiger partial charge in [0, 0.05) is 16.6 Å². The summed E-state index contributed by atoms with van der Waals surface area (Å²) in [5.41, 5.74) is 6.16. The molecule has 1 heterocycles. The highest BCUT2D eigenvalue weighted by Crippen LogP contribution is 2.25. The predicted molar refractivity (Wildman–Crippen MR) is 110 cm³/mol. The van der Waals surface area contributed by atoms with E-state index in [1.807, 2.05) is 49.4 Å². The highest BCUT2D eigenvalue weighted by molar-refractivity contribution is 7.80. The van der Waals surface area contributed by atoms with Gasteiger partial charge in [0.05, 0.1) is 16.8 Å². The Labute approximate surface area is 160 Å². The van der Waals surface area contributed by atoms with Crippen molar-refractivity contribution in [2.24, 2.45) is 5.10 Å². The topological polar surface area (TPSA) is 49.3 Å². The first-order chi connectivity index (χ1) is 12.0. The second-order valence-corrected chi connectivity index (χ2v) is 6.54. The first-order valence-corrected chi connectivity index (χ1v) is 8.61. The van der Waals surface area contributed by atoms with Crippen LogP contribution in [0.4, 0.5) is 5.69 Å². The van der Waals surface area contributed by atoms with Crippen LogP contribution >= 0.6 is 35.4 Å². The lowest BCUT2D eigenvalue weighted by Crippen LogP contribution is -2.23. The van der Waals surface area contributed by atoms with Gasteiger partial charge in [0.15, 0.2) is 5.11 Å². The molecule has 0 saturated heterocycles. The molecule has 0 bridgehead atoms. The zero-order chi connectivity index (χ0) is 17.8. The summed E-state index contributed by atoms with van der Waals surface area (Å²) in [4.78, 5) is 4.31. The lowest BCUT2D eigenvalue weighted by Gasteiger charge is -2.07. The largest absolute Gasteiger partial charge is 0.331 e. The van der Waals surface area contributed by atoms with E-state index in [1.54, 1.807) is 12.3 Å². The minimum Gasteiger partial charge on any atom is -0.331 e. The van der Waals surface area contributed by atoms with Crippen LogP contribution < -0.4 is 10.7 Å². The number of aromatic nitrogens is 1. The number of hydrogen-bond donors (Lipinski definition) is 2. The fourth-order valence-corrected chi connectivity index (χ4v) is 2.79. The molecular weight excluding hydrogens is 375 g/mol. The van der Waals surface area contributed by atoms with Crippen molar-refractivity contribution in [3.8, 4) is 0 Å². The molecule has 2 aromatic carbocycles. The van der Waals surface area contributed by atoms with Crippen molar-refractivity contribution in [2.45, 2.75) is 6.92 Å². The van der Waals surface area contributed by atoms with Crippen LogP contribution in [0, 0.1) is 6.92 Å². The normalized spacial score (nSPS) is 11.0. The molecule has 3 rings (SSSR count). The van der Waals surface area contributed by atoms with Crippen molar-refractivity contribution in [3.63, 3.8) is 0 Å². The van der Waals surface area contributed by atoms with Gasteiger partial charge in [-0.25, -0.2) is 4.98 Å². The third kappa shape index (κ3) is 4.45. The van der Waals surface area contributed by atoms with Gasteiger partial charge in [-0.05, 0) is 43.4 Å². The number of halogens is 2. The van der Waals surface area contributed by atoms with Crippen molar-refractivity contribution in [1.82, 2.24) is 10.4 Å². The third-order valence-electron chi connectivity index (χ3n) is 3.46. The maximum Gasteiger partial charge on any atom is 0.191 e. The summed E-state index contributed by atoms with van der Waals surface area (Å²) >= 11 is 17.5. The summed E-state index contributed by atoms with van der Waals surface area (Å²) in [5, 5.41) is 9.31. The van der Waals surface area contributed by atoms with E-state index in [2.05, 4.69) is 20.8 Å². The Morgan fingerprint density at radius 1 is 1.16 bits per heavy atom. The summed E-state index contributed by atoms with van der Waals surface area (Å²) in [6.07, 6.45) is 1.57. The molecule has 0 spiro atoms. The molecule has 0 saturated carbocycles. The number of nitrogens with zero attached hydrogens (tertiary/aromatic N) is 2. The van der Waals surface area contributed by atoms with Gasteiger partial charge in [-0.3, -0.25) is 5.43 Å². The number of hydrogen-bond acceptors (Lipinski definition) is 3. The van der Waals surface area contributed by atoms with E-state index in [0.29, 0.717) is 26.4 Å². The second-order valence-electron chi connectivity index (χ2n) is 5.37. The molecule has 4 nitrogen and oxygen atoms in total. The van der Waals surface area contributed by atoms with Gasteiger partial charge in [-0.1, -0.05) is 53.0 Å². The standard InChI is InChI=1S/C18H14Cl2N4S/c1-11-5-7-14(8-6-11)22-18(25)24-21-10-13-9-12-3-2-4-15(19)16(12)23-17(13)20/h2-10H,1H3,(H2,22,24,25)/b21-10+. The second kappa shape index (κ2) is 7.78. The number of thiocarbonyl (C=S) groups is 1. The van der Waals surface area contributed by atoms with Gasteiger partial charge in [-0.2, -0.15) is 5.10 Å². The van der Waals surface area contributed by atoms with E-state index in [9.17, 15) is 0 Å². The van der Waals surface area contributed by atoms with Gasteiger partial charge >= 0.3 is 0 Å². The van der Waals surface area contributed by atoms with E-state index in [1.165, 1.54) is 5.56 Å². The maximum atomic E-state index is 6.20. The number of rotatable bonds is 3. The van der Waals surface area contributed by atoms with E-state index >= 15 is 0 Å². The highest BCUT2D eigenvalue weighted by atomic mass is 35.5. The van der Waals surface area contributed by atoms with Gasteiger partial charge in [0.25, 0.3) is 0 Å². The molecule has 25 heavy (non-hydrogen) atoms. The quantitative estimate of drug-likeness (QED) is 0.281. The summed E-state index contributed by atoms with van der Waals surface area (Å²) in [7, 11) is 0. The van der Waals surface area contributed by atoms with E-state index in [4.69, 9.17) is 35.4 Å². The third-order valence-corrected chi connectivity index (χ3v) is 4.26. The zero-order valence-electron chi connectivity index (χ0n) is 13.3. The van der Waals surface area contributed by atoms with Crippen LogP contribution in [0.2, 0.25) is 10.2 Å². The number of anilines is 1. The molecule has 0 aliphatic heterocycles. The van der Waals surface area contributed by atoms with Crippen molar-refractivity contribution in [2.75, 3.05) is 5.32 Å². The van der Waals surface area contributed by atoms with Crippen LogP contribution in [0.3, 0.4) is 0 Å². The Balaban J connectivity index is 1.69. The fourth-order valence-electron chi connectivity index (χ4n) is 2.20. The van der Waals surface area contributed by atoms with Gasteiger partial charge < -0.3 is 5.32 Å². The number of hydrazone groups is 1. The summed E-state index contributed by atoms with van der Waals surface area (Å²) < 4.78 is 0. The lowest BCUT2D eigenvalue weighted by molar-refractivity contribution is 1.05. The molecule has 2 N–H and O–H groups in total. The van der Waals surface area contributed by atoms with Crippen molar-refractivity contribution >= 4 is 63.3 Å². The molecule has 126 valence electrons. The number of para-hydroxylation sites is 1. The number of fused-ring (bicyclic) bond motifs is 1. The van der Waals surface area contributed by atoms with E-state index < -0.39 is 0 Å². The summed E-state index contributed by atoms with van der Waals surface area (Å²) in [5.74, 6) is 0. The van der Waals surface area contributed by atoms with Gasteiger partial charge in [0.2, 0.25) is 0 Å². The Bertz CT molecular complexity index is 955. The van der Waals surface area contributed by atoms with Crippen LogP contribution in [0.1, 0.15) is 11.1 Å². The summed E-state index contributed by atoms with van der Waals surface area (Å²) in [6, 6.07) is 15.3. The molecule has 0 unspecified atom stereocenters. The molecule has 0 atom stereocenters. The molecule has 0 aliphatic carbocycles. The molecular formula is C18H14Cl2N4S. The van der Waals surface area contributed by atoms with Crippen molar-refractivity contribution in [3.05, 3.63) is 69.8 Å². The molecule has 7 heteroatoms. The fraction of sp³-hybridized carbons (Fsp3) is 0.0556. The average Bonchev–Trinajstić information content (AvgIpc) is 2.58. The van der Waals surface area contributed by atoms with Crippen LogP contribution in [0.15, 0.2) is 53.6 Å². The average molecular weight is 389 g/mol. The SMILES string of the molecule is Cc1ccc(NC(=S)N/N=C/c2cc3cccc(Cl)c3nc2Cl)cc1. The predicted octanol–water partition coefficient (Wildman–Crippen LogP) is 5.17. The van der Waals surface area contributed by atoms with Crippen LogP contribution in [0.5, 0.6) is 0 Å². The minimum atomic E-state index is 0.323. The van der Waals surface area contributed by atoms with Crippen molar-refractivity contribution < 1.29 is 0 Å². The molecule has 0 radical (unpaired) electrons. The van der Waals surface area contributed by atoms with Crippen LogP contribution in [0.25, 0.3) is 10.9 Å². The number of benzene rings is 2. The van der Waals surface area contributed by atoms with Crippen LogP contribution in [-0.4, -0.2) is 16.3 Å².